The van der Waals surface area contributed by atoms with Crippen LogP contribution in [-0.2, 0) is 0 Å². The molecule has 10 heavy (non-hydrogen) atoms. The van der Waals surface area contributed by atoms with E-state index in [9.17, 15) is 0 Å². The molecule has 1 radical (unpaired) electrons. The predicted octanol–water partition coefficient (Wildman–Crippen LogP) is 2.91. The van der Waals surface area contributed by atoms with Gasteiger partial charge in [0.25, 0.3) is 0 Å². The highest BCUT2D eigenvalue weighted by Gasteiger charge is 2.01. The first-order chi connectivity index (χ1) is 4.75. The van der Waals surface area contributed by atoms with Gasteiger partial charge in [0.1, 0.15) is 5.75 Å². The molecule has 1 nitrogen and oxygen atoms in total. The van der Waals surface area contributed by atoms with Crippen LogP contribution in [0.3, 0.4) is 0 Å². The summed E-state index contributed by atoms with van der Waals surface area (Å²) in [5.74, 6) is 0.635. The van der Waals surface area contributed by atoms with Crippen molar-refractivity contribution in [1.29, 1.82) is 0 Å². The van der Waals surface area contributed by atoms with Crippen molar-refractivity contribution in [2.45, 2.75) is 0 Å². The molecule has 0 fully saturated rings. The number of halogens is 2. The highest BCUT2D eigenvalue weighted by molar-refractivity contribution is 9.10. The zero-order valence-electron chi connectivity index (χ0n) is 5.32. The molecule has 0 N–H and O–H groups in total. The summed E-state index contributed by atoms with van der Waals surface area (Å²) in [6.07, 6.45) is 0. The lowest BCUT2D eigenvalue weighted by Gasteiger charge is -2.01. The molecule has 0 heterocycles. The third-order valence-electron chi connectivity index (χ3n) is 1.07. The lowest BCUT2D eigenvalue weighted by molar-refractivity contribution is 0.414. The van der Waals surface area contributed by atoms with Crippen LogP contribution < -0.4 is 4.74 Å². The summed E-state index contributed by atoms with van der Waals surface area (Å²) in [6.45, 7) is 0. The van der Waals surface area contributed by atoms with Crippen LogP contribution in [0, 0.1) is 6.07 Å². The Labute approximate surface area is 73.1 Å². The number of hydrogen-bond acceptors (Lipinski definition) is 1. The van der Waals surface area contributed by atoms with Gasteiger partial charge in [0.2, 0.25) is 0 Å². The van der Waals surface area contributed by atoms with Gasteiger partial charge in [-0.05, 0) is 34.1 Å². The van der Waals surface area contributed by atoms with Crippen LogP contribution >= 0.6 is 27.5 Å². The summed E-state index contributed by atoms with van der Waals surface area (Å²) in [5, 5.41) is 0.584. The number of rotatable bonds is 1. The van der Waals surface area contributed by atoms with Crippen molar-refractivity contribution >= 4 is 27.5 Å². The summed E-state index contributed by atoms with van der Waals surface area (Å²) in [6, 6.07) is 6.29. The van der Waals surface area contributed by atoms with Gasteiger partial charge in [0, 0.05) is 4.47 Å². The highest BCUT2D eigenvalue weighted by Crippen LogP contribution is 2.30. The van der Waals surface area contributed by atoms with Crippen LogP contribution in [0.4, 0.5) is 0 Å². The Morgan fingerprint density at radius 2 is 2.30 bits per heavy atom. The van der Waals surface area contributed by atoms with E-state index in [1.54, 1.807) is 19.2 Å². The number of ether oxygens (including phenoxy) is 1. The molecule has 0 aliphatic rings. The van der Waals surface area contributed by atoms with Gasteiger partial charge >= 0.3 is 0 Å². The van der Waals surface area contributed by atoms with Gasteiger partial charge in [-0.15, -0.1) is 0 Å². The second-order valence-corrected chi connectivity index (χ2v) is 2.92. The van der Waals surface area contributed by atoms with Gasteiger partial charge in [0.15, 0.2) is 0 Å². The molecule has 3 heteroatoms. The number of methoxy groups -OCH3 is 1. The summed E-state index contributed by atoms with van der Waals surface area (Å²) in [4.78, 5) is 0. The molecule has 1 aromatic rings. The SMILES string of the molecule is COc1c[c]cc(Br)c1Cl. The van der Waals surface area contributed by atoms with Crippen molar-refractivity contribution in [1.82, 2.24) is 0 Å². The van der Waals surface area contributed by atoms with Crippen molar-refractivity contribution in [2.24, 2.45) is 0 Å². The zero-order valence-corrected chi connectivity index (χ0v) is 7.66. The predicted molar refractivity (Wildman–Crippen MR) is 44.5 cm³/mol. The van der Waals surface area contributed by atoms with Crippen LogP contribution in [0.25, 0.3) is 0 Å². The Balaban J connectivity index is 3.14. The lowest BCUT2D eigenvalue weighted by Crippen LogP contribution is -1.83. The number of hydrogen-bond donors (Lipinski definition) is 0. The summed E-state index contributed by atoms with van der Waals surface area (Å²) in [7, 11) is 1.57. The topological polar surface area (TPSA) is 9.23 Å². The van der Waals surface area contributed by atoms with E-state index < -0.39 is 0 Å². The van der Waals surface area contributed by atoms with E-state index in [-0.39, 0.29) is 0 Å². The van der Waals surface area contributed by atoms with Crippen LogP contribution in [0.5, 0.6) is 5.75 Å². The first-order valence-corrected chi connectivity index (χ1v) is 3.82. The molecule has 0 saturated carbocycles. The standard InChI is InChI=1S/C7H5BrClO/c1-10-6-4-2-3-5(8)7(6)9/h3-4H,1H3. The molecule has 1 rings (SSSR count). The van der Waals surface area contributed by atoms with E-state index in [2.05, 4.69) is 22.0 Å². The summed E-state index contributed by atoms with van der Waals surface area (Å²) in [5.41, 5.74) is 0. The smallest absolute Gasteiger partial charge is 0.139 e. The van der Waals surface area contributed by atoms with Crippen molar-refractivity contribution in [2.75, 3.05) is 7.11 Å². The molecule has 1 aromatic carbocycles. The first-order valence-electron chi connectivity index (χ1n) is 2.65. The molecule has 0 atom stereocenters. The van der Waals surface area contributed by atoms with Crippen LogP contribution in [0.1, 0.15) is 0 Å². The fraction of sp³-hybridized carbons (Fsp3) is 0.143. The molecule has 0 bridgehead atoms. The monoisotopic (exact) mass is 219 g/mol. The lowest BCUT2D eigenvalue weighted by atomic mass is 10.3. The Morgan fingerprint density at radius 1 is 1.60 bits per heavy atom. The van der Waals surface area contributed by atoms with Gasteiger partial charge in [-0.2, -0.15) is 0 Å². The fourth-order valence-corrected chi connectivity index (χ4v) is 1.10. The minimum atomic E-state index is 0.584. The highest BCUT2D eigenvalue weighted by atomic mass is 79.9. The maximum absolute atomic E-state index is 5.80. The first kappa shape index (κ1) is 7.89. The zero-order chi connectivity index (χ0) is 7.56. The van der Waals surface area contributed by atoms with Crippen molar-refractivity contribution in [3.63, 3.8) is 0 Å². The molecule has 53 valence electrons. The van der Waals surface area contributed by atoms with Gasteiger partial charge < -0.3 is 4.74 Å². The molecular weight excluding hydrogens is 215 g/mol. The van der Waals surface area contributed by atoms with Crippen LogP contribution in [-0.4, -0.2) is 7.11 Å². The molecule has 0 unspecified atom stereocenters. The molecule has 0 saturated heterocycles. The van der Waals surface area contributed by atoms with Crippen LogP contribution in [0.15, 0.2) is 16.6 Å². The Hall–Kier alpha value is -0.210. The van der Waals surface area contributed by atoms with E-state index in [0.29, 0.717) is 10.8 Å². The second kappa shape index (κ2) is 3.26. The molecule has 0 aliphatic heterocycles. The fourth-order valence-electron chi connectivity index (χ4n) is 0.583. The van der Waals surface area contributed by atoms with Crippen molar-refractivity contribution in [3.8, 4) is 5.75 Å². The Kier molecular flexibility index (Phi) is 2.57. The maximum atomic E-state index is 5.80. The average Bonchev–Trinajstić information content (AvgIpc) is 1.95. The van der Waals surface area contributed by atoms with E-state index in [0.717, 1.165) is 4.47 Å². The second-order valence-electron chi connectivity index (χ2n) is 1.69. The van der Waals surface area contributed by atoms with Crippen molar-refractivity contribution in [3.05, 3.63) is 27.7 Å². The Bertz CT molecular complexity index is 237. The quantitative estimate of drug-likeness (QED) is 0.707. The Morgan fingerprint density at radius 3 is 2.80 bits per heavy atom. The van der Waals surface area contributed by atoms with Gasteiger partial charge in [-0.3, -0.25) is 0 Å². The minimum Gasteiger partial charge on any atom is -0.495 e. The molecule has 0 aliphatic carbocycles. The summed E-state index contributed by atoms with van der Waals surface area (Å²) < 4.78 is 5.73. The van der Waals surface area contributed by atoms with Crippen LogP contribution in [0.2, 0.25) is 5.02 Å². The molecule has 0 aromatic heterocycles. The largest absolute Gasteiger partial charge is 0.495 e. The maximum Gasteiger partial charge on any atom is 0.139 e. The van der Waals surface area contributed by atoms with Gasteiger partial charge in [0.05, 0.1) is 12.1 Å². The number of benzene rings is 1. The van der Waals surface area contributed by atoms with E-state index in [4.69, 9.17) is 16.3 Å². The van der Waals surface area contributed by atoms with Gasteiger partial charge in [-0.25, -0.2) is 0 Å². The normalized spacial score (nSPS) is 9.50. The van der Waals surface area contributed by atoms with Gasteiger partial charge in [-0.1, -0.05) is 11.6 Å². The third kappa shape index (κ3) is 1.44. The molecule has 0 spiro atoms. The minimum absolute atomic E-state index is 0.584. The molecular formula is C7H5BrClO. The van der Waals surface area contributed by atoms with E-state index in [1.807, 2.05) is 0 Å². The van der Waals surface area contributed by atoms with E-state index >= 15 is 0 Å². The summed E-state index contributed by atoms with van der Waals surface area (Å²) >= 11 is 9.05. The third-order valence-corrected chi connectivity index (χ3v) is 2.31. The molecule has 0 amide bonds. The van der Waals surface area contributed by atoms with E-state index in [1.165, 1.54) is 0 Å². The average molecular weight is 220 g/mol. The van der Waals surface area contributed by atoms with Crippen molar-refractivity contribution < 1.29 is 4.74 Å².